The number of nitrogens with one attached hydrogen (secondary N) is 1. The van der Waals surface area contributed by atoms with E-state index in [1.54, 1.807) is 4.90 Å². The van der Waals surface area contributed by atoms with E-state index in [2.05, 4.69) is 12.2 Å². The van der Waals surface area contributed by atoms with Crippen LogP contribution in [0.15, 0.2) is 0 Å². The molecule has 118 valence electrons. The van der Waals surface area contributed by atoms with Gasteiger partial charge in [0.15, 0.2) is 0 Å². The molecular weight excluding hydrogens is 265 g/mol. The molecule has 0 aromatic carbocycles. The van der Waals surface area contributed by atoms with Crippen molar-refractivity contribution in [3.63, 3.8) is 0 Å². The summed E-state index contributed by atoms with van der Waals surface area (Å²) in [5, 5.41) is 3.32. The highest BCUT2D eigenvalue weighted by Gasteiger charge is 2.40. The second-order valence-electron chi connectivity index (χ2n) is 6.52. The van der Waals surface area contributed by atoms with Crippen LogP contribution in [-0.4, -0.2) is 43.3 Å². The van der Waals surface area contributed by atoms with Crippen LogP contribution in [-0.2, 0) is 0 Å². The van der Waals surface area contributed by atoms with Gasteiger partial charge in [0.1, 0.15) is 0 Å². The molecule has 2 saturated carbocycles. The van der Waals surface area contributed by atoms with E-state index in [4.69, 9.17) is 0 Å². The Kier molecular flexibility index (Phi) is 5.35. The number of nitrogens with zero attached hydrogens (tertiary/aromatic N) is 1. The Bertz CT molecular complexity index is 302. The summed E-state index contributed by atoms with van der Waals surface area (Å²) in [5.74, 6) is 1.05. The molecular formula is C15H27F3N2. The molecule has 0 heterocycles. The average Bonchev–Trinajstić information content (AvgIpc) is 3.20. The molecule has 0 aromatic rings. The summed E-state index contributed by atoms with van der Waals surface area (Å²) in [4.78, 5) is 1.69. The van der Waals surface area contributed by atoms with Gasteiger partial charge in [0.2, 0.25) is 0 Å². The average molecular weight is 292 g/mol. The molecule has 20 heavy (non-hydrogen) atoms. The van der Waals surface area contributed by atoms with Crippen LogP contribution >= 0.6 is 0 Å². The highest BCUT2D eigenvalue weighted by molar-refractivity contribution is 4.91. The van der Waals surface area contributed by atoms with Crippen LogP contribution in [0.2, 0.25) is 0 Å². The first kappa shape index (κ1) is 16.1. The Morgan fingerprint density at radius 3 is 2.35 bits per heavy atom. The van der Waals surface area contributed by atoms with Gasteiger partial charge in [-0.1, -0.05) is 13.3 Å². The van der Waals surface area contributed by atoms with Gasteiger partial charge in [-0.2, -0.15) is 13.2 Å². The van der Waals surface area contributed by atoms with E-state index in [1.165, 1.54) is 6.42 Å². The van der Waals surface area contributed by atoms with Gasteiger partial charge in [0, 0.05) is 18.6 Å². The maximum Gasteiger partial charge on any atom is 0.401 e. The predicted molar refractivity (Wildman–Crippen MR) is 74.6 cm³/mol. The molecule has 3 unspecified atom stereocenters. The fraction of sp³-hybridized carbons (Fsp3) is 1.00. The Labute approximate surface area is 120 Å². The van der Waals surface area contributed by atoms with Crippen LogP contribution in [0.1, 0.15) is 45.4 Å². The van der Waals surface area contributed by atoms with Gasteiger partial charge in [0.25, 0.3) is 0 Å². The SMILES string of the molecule is CCC1CCC(NC)C(CN(CC(F)(F)F)C2CC2)C1. The summed E-state index contributed by atoms with van der Waals surface area (Å²) >= 11 is 0. The van der Waals surface area contributed by atoms with Gasteiger partial charge in [-0.25, -0.2) is 0 Å². The molecule has 3 atom stereocenters. The lowest BCUT2D eigenvalue weighted by Crippen LogP contribution is -2.47. The van der Waals surface area contributed by atoms with Crippen molar-refractivity contribution in [1.29, 1.82) is 0 Å². The largest absolute Gasteiger partial charge is 0.401 e. The summed E-state index contributed by atoms with van der Waals surface area (Å²) in [6.45, 7) is 2.06. The molecule has 2 rings (SSSR count). The highest BCUT2D eigenvalue weighted by Crippen LogP contribution is 2.36. The molecule has 1 N–H and O–H groups in total. The van der Waals surface area contributed by atoms with Crippen LogP contribution in [0.25, 0.3) is 0 Å². The minimum Gasteiger partial charge on any atom is -0.317 e. The molecule has 2 fully saturated rings. The third kappa shape index (κ3) is 4.62. The third-order valence-electron chi connectivity index (χ3n) is 4.95. The van der Waals surface area contributed by atoms with E-state index in [9.17, 15) is 13.2 Å². The maximum absolute atomic E-state index is 12.7. The van der Waals surface area contributed by atoms with Crippen molar-refractivity contribution >= 4 is 0 Å². The quantitative estimate of drug-likeness (QED) is 0.807. The molecule has 0 radical (unpaired) electrons. The second-order valence-corrected chi connectivity index (χ2v) is 6.52. The monoisotopic (exact) mass is 292 g/mol. The molecule has 0 saturated heterocycles. The van der Waals surface area contributed by atoms with E-state index < -0.39 is 12.7 Å². The summed E-state index contributed by atoms with van der Waals surface area (Å²) in [6, 6.07) is 0.559. The van der Waals surface area contributed by atoms with Crippen molar-refractivity contribution in [1.82, 2.24) is 10.2 Å². The fourth-order valence-corrected chi connectivity index (χ4v) is 3.63. The van der Waals surface area contributed by atoms with Crippen LogP contribution in [0.3, 0.4) is 0 Å². The highest BCUT2D eigenvalue weighted by atomic mass is 19.4. The van der Waals surface area contributed by atoms with Crippen molar-refractivity contribution in [3.05, 3.63) is 0 Å². The van der Waals surface area contributed by atoms with Crippen molar-refractivity contribution in [2.24, 2.45) is 11.8 Å². The van der Waals surface area contributed by atoms with Crippen LogP contribution in [0, 0.1) is 11.8 Å². The van der Waals surface area contributed by atoms with Gasteiger partial charge in [-0.05, 0) is 51.0 Å². The van der Waals surface area contributed by atoms with Crippen molar-refractivity contribution < 1.29 is 13.2 Å². The van der Waals surface area contributed by atoms with Crippen LogP contribution in [0.4, 0.5) is 13.2 Å². The zero-order chi connectivity index (χ0) is 14.8. The van der Waals surface area contributed by atoms with E-state index in [0.29, 0.717) is 24.4 Å². The molecule has 0 spiro atoms. The number of rotatable bonds is 6. The molecule has 0 bridgehead atoms. The molecule has 2 aliphatic rings. The first-order valence-corrected chi connectivity index (χ1v) is 7.91. The van der Waals surface area contributed by atoms with E-state index in [1.807, 2.05) is 7.05 Å². The second kappa shape index (κ2) is 6.65. The molecule has 0 amide bonds. The summed E-state index contributed by atoms with van der Waals surface area (Å²) in [7, 11) is 1.94. The number of hydrogen-bond acceptors (Lipinski definition) is 2. The fourth-order valence-electron chi connectivity index (χ4n) is 3.63. The Balaban J connectivity index is 1.95. The zero-order valence-corrected chi connectivity index (χ0v) is 12.5. The van der Waals surface area contributed by atoms with Crippen LogP contribution < -0.4 is 5.32 Å². The van der Waals surface area contributed by atoms with E-state index in [-0.39, 0.29) is 6.04 Å². The minimum absolute atomic E-state index is 0.177. The van der Waals surface area contributed by atoms with Crippen molar-refractivity contribution in [3.8, 4) is 0 Å². The third-order valence-corrected chi connectivity index (χ3v) is 4.95. The summed E-state index contributed by atoms with van der Waals surface area (Å²) < 4.78 is 38.1. The minimum atomic E-state index is -4.07. The topological polar surface area (TPSA) is 15.3 Å². The first-order chi connectivity index (χ1) is 9.43. The maximum atomic E-state index is 12.7. The summed E-state index contributed by atoms with van der Waals surface area (Å²) in [6.07, 6.45) is 2.33. The Morgan fingerprint density at radius 1 is 1.15 bits per heavy atom. The lowest BCUT2D eigenvalue weighted by atomic mass is 9.76. The van der Waals surface area contributed by atoms with Crippen molar-refractivity contribution in [2.45, 2.75) is 63.7 Å². The molecule has 5 heteroatoms. The van der Waals surface area contributed by atoms with Crippen molar-refractivity contribution in [2.75, 3.05) is 20.1 Å². The lowest BCUT2D eigenvalue weighted by molar-refractivity contribution is -0.149. The zero-order valence-electron chi connectivity index (χ0n) is 12.5. The van der Waals surface area contributed by atoms with Gasteiger partial charge >= 0.3 is 6.18 Å². The normalized spacial score (nSPS) is 31.8. The molecule has 2 nitrogen and oxygen atoms in total. The Morgan fingerprint density at radius 2 is 1.85 bits per heavy atom. The lowest BCUT2D eigenvalue weighted by Gasteiger charge is -2.39. The van der Waals surface area contributed by atoms with Gasteiger partial charge in [-0.3, -0.25) is 4.90 Å². The standard InChI is InChI=1S/C15H27F3N2/c1-3-11-4-7-14(19-2)12(8-11)9-20(13-5-6-13)10-15(16,17)18/h11-14,19H,3-10H2,1-2H3. The molecule has 0 aliphatic heterocycles. The van der Waals surface area contributed by atoms with Gasteiger partial charge < -0.3 is 5.32 Å². The molecule has 2 aliphatic carbocycles. The molecule has 0 aromatic heterocycles. The smallest absolute Gasteiger partial charge is 0.317 e. The van der Waals surface area contributed by atoms with E-state index in [0.717, 1.165) is 32.1 Å². The first-order valence-electron chi connectivity index (χ1n) is 7.91. The van der Waals surface area contributed by atoms with Crippen LogP contribution in [0.5, 0.6) is 0 Å². The number of halogens is 3. The van der Waals surface area contributed by atoms with Gasteiger partial charge in [-0.15, -0.1) is 0 Å². The number of hydrogen-bond donors (Lipinski definition) is 1. The van der Waals surface area contributed by atoms with Gasteiger partial charge in [0.05, 0.1) is 6.54 Å². The predicted octanol–water partition coefficient (Wildman–Crippen LogP) is 3.43. The van der Waals surface area contributed by atoms with E-state index >= 15 is 0 Å². The summed E-state index contributed by atoms with van der Waals surface area (Å²) in [5.41, 5.74) is 0. The Hall–Kier alpha value is -0.290. The number of alkyl halides is 3.